The number of carbonyl (C=O) groups is 2. The monoisotopic (exact) mass is 361 g/mol. The molecule has 0 aliphatic heterocycles. The highest BCUT2D eigenvalue weighted by atomic mass is 35.5. The van der Waals surface area contributed by atoms with Crippen LogP contribution in [0.1, 0.15) is 22.8 Å². The summed E-state index contributed by atoms with van der Waals surface area (Å²) >= 11 is 5.88. The van der Waals surface area contributed by atoms with E-state index in [1.165, 1.54) is 38.4 Å². The van der Waals surface area contributed by atoms with E-state index in [1.54, 1.807) is 18.2 Å². The molecule has 0 saturated carbocycles. The molecular formula is C17H16ClN3O4. The summed E-state index contributed by atoms with van der Waals surface area (Å²) in [6.07, 6.45) is 1.36. The van der Waals surface area contributed by atoms with Crippen molar-refractivity contribution in [1.82, 2.24) is 5.43 Å². The molecule has 2 aromatic rings. The lowest BCUT2D eigenvalue weighted by Gasteiger charge is -2.06. The van der Waals surface area contributed by atoms with Crippen LogP contribution >= 0.6 is 11.6 Å². The molecule has 7 nitrogen and oxygen atoms in total. The zero-order valence-corrected chi connectivity index (χ0v) is 14.3. The van der Waals surface area contributed by atoms with Crippen molar-refractivity contribution in [2.75, 3.05) is 12.4 Å². The number of halogens is 1. The van der Waals surface area contributed by atoms with Gasteiger partial charge in [-0.3, -0.25) is 9.59 Å². The normalized spacial score (nSPS) is 10.5. The molecule has 2 rings (SSSR count). The van der Waals surface area contributed by atoms with Crippen molar-refractivity contribution in [2.24, 2.45) is 5.10 Å². The van der Waals surface area contributed by atoms with E-state index in [2.05, 4.69) is 15.8 Å². The highest BCUT2D eigenvalue weighted by Crippen LogP contribution is 2.34. The number of benzene rings is 2. The van der Waals surface area contributed by atoms with Crippen LogP contribution in [0, 0.1) is 0 Å². The standard InChI is InChI=1S/C17H16ClN3O4/c1-10(22)20-13-5-3-4-12(8-13)17(24)21-19-9-11-6-14(18)16(23)15(7-11)25-2/h3-9,23H,1-2H3,(H,20,22)(H,21,24). The number of hydrogen-bond donors (Lipinski definition) is 3. The van der Waals surface area contributed by atoms with Crippen LogP contribution in [0.3, 0.4) is 0 Å². The Balaban J connectivity index is 2.08. The van der Waals surface area contributed by atoms with E-state index in [9.17, 15) is 14.7 Å². The minimum Gasteiger partial charge on any atom is -0.503 e. The molecule has 0 unspecified atom stereocenters. The molecule has 25 heavy (non-hydrogen) atoms. The first-order valence-electron chi connectivity index (χ1n) is 7.18. The van der Waals surface area contributed by atoms with Crippen LogP contribution in [-0.4, -0.2) is 30.2 Å². The zero-order chi connectivity index (χ0) is 18.4. The Labute approximate surface area is 149 Å². The molecular weight excluding hydrogens is 346 g/mol. The largest absolute Gasteiger partial charge is 0.503 e. The number of phenolic OH excluding ortho intramolecular Hbond substituents is 1. The average molecular weight is 362 g/mol. The van der Waals surface area contributed by atoms with Gasteiger partial charge in [-0.2, -0.15) is 5.10 Å². The highest BCUT2D eigenvalue weighted by molar-refractivity contribution is 6.32. The number of ether oxygens (including phenoxy) is 1. The van der Waals surface area contributed by atoms with Gasteiger partial charge < -0.3 is 15.2 Å². The molecule has 0 aliphatic carbocycles. The van der Waals surface area contributed by atoms with Gasteiger partial charge in [0.25, 0.3) is 5.91 Å². The summed E-state index contributed by atoms with van der Waals surface area (Å²) < 4.78 is 4.99. The van der Waals surface area contributed by atoms with Gasteiger partial charge in [-0.05, 0) is 35.9 Å². The minimum atomic E-state index is -0.444. The summed E-state index contributed by atoms with van der Waals surface area (Å²) in [6, 6.07) is 9.45. The molecule has 0 saturated heterocycles. The molecule has 8 heteroatoms. The summed E-state index contributed by atoms with van der Waals surface area (Å²) in [4.78, 5) is 23.1. The molecule has 0 bridgehead atoms. The van der Waals surface area contributed by atoms with Crippen LogP contribution in [0.5, 0.6) is 11.5 Å². The number of hydrazone groups is 1. The average Bonchev–Trinajstić information content (AvgIpc) is 2.57. The van der Waals surface area contributed by atoms with Crippen LogP contribution < -0.4 is 15.5 Å². The molecule has 3 N–H and O–H groups in total. The lowest BCUT2D eigenvalue weighted by Crippen LogP contribution is -2.18. The number of hydrogen-bond acceptors (Lipinski definition) is 5. The maximum atomic E-state index is 12.1. The topological polar surface area (TPSA) is 100 Å². The summed E-state index contributed by atoms with van der Waals surface area (Å²) in [5.41, 5.74) is 3.76. The van der Waals surface area contributed by atoms with Gasteiger partial charge in [-0.15, -0.1) is 0 Å². The second-order valence-electron chi connectivity index (χ2n) is 5.01. The van der Waals surface area contributed by atoms with Gasteiger partial charge in [-0.1, -0.05) is 17.7 Å². The van der Waals surface area contributed by atoms with E-state index in [-0.39, 0.29) is 22.4 Å². The smallest absolute Gasteiger partial charge is 0.271 e. The highest BCUT2D eigenvalue weighted by Gasteiger charge is 2.08. The van der Waals surface area contributed by atoms with E-state index in [0.717, 1.165) is 0 Å². The third-order valence-electron chi connectivity index (χ3n) is 3.10. The molecule has 2 amide bonds. The molecule has 2 aromatic carbocycles. The van der Waals surface area contributed by atoms with Gasteiger partial charge in [0, 0.05) is 18.2 Å². The first kappa shape index (κ1) is 18.3. The molecule has 130 valence electrons. The third-order valence-corrected chi connectivity index (χ3v) is 3.38. The van der Waals surface area contributed by atoms with Crippen LogP contribution in [0.25, 0.3) is 0 Å². The molecule has 0 fully saturated rings. The van der Waals surface area contributed by atoms with Crippen LogP contribution in [0.4, 0.5) is 5.69 Å². The molecule has 0 radical (unpaired) electrons. The van der Waals surface area contributed by atoms with Crippen molar-refractivity contribution >= 4 is 35.3 Å². The van der Waals surface area contributed by atoms with Gasteiger partial charge >= 0.3 is 0 Å². The number of anilines is 1. The van der Waals surface area contributed by atoms with Crippen molar-refractivity contribution in [3.8, 4) is 11.5 Å². The Bertz CT molecular complexity index is 837. The van der Waals surface area contributed by atoms with Crippen LogP contribution in [0.15, 0.2) is 41.5 Å². The molecule has 0 atom stereocenters. The number of rotatable bonds is 5. The summed E-state index contributed by atoms with van der Waals surface area (Å²) in [7, 11) is 1.40. The fourth-order valence-corrected chi connectivity index (χ4v) is 2.21. The number of nitrogens with zero attached hydrogens (tertiary/aromatic N) is 1. The maximum absolute atomic E-state index is 12.1. The summed E-state index contributed by atoms with van der Waals surface area (Å²) in [6.45, 7) is 1.38. The Kier molecular flexibility index (Phi) is 5.97. The Hall–Kier alpha value is -3.06. The van der Waals surface area contributed by atoms with Gasteiger partial charge in [0.1, 0.15) is 0 Å². The molecule has 0 spiro atoms. The zero-order valence-electron chi connectivity index (χ0n) is 13.5. The van der Waals surface area contributed by atoms with Gasteiger partial charge in [-0.25, -0.2) is 5.43 Å². The van der Waals surface area contributed by atoms with Gasteiger partial charge in [0.2, 0.25) is 5.91 Å². The van der Waals surface area contributed by atoms with Crippen molar-refractivity contribution in [2.45, 2.75) is 6.92 Å². The van der Waals surface area contributed by atoms with Crippen molar-refractivity contribution < 1.29 is 19.4 Å². The first-order valence-corrected chi connectivity index (χ1v) is 7.56. The predicted octanol–water partition coefficient (Wildman–Crippen LogP) is 2.78. The maximum Gasteiger partial charge on any atom is 0.271 e. The summed E-state index contributed by atoms with van der Waals surface area (Å²) in [5, 5.41) is 16.2. The van der Waals surface area contributed by atoms with E-state index in [4.69, 9.17) is 16.3 Å². The molecule has 0 aromatic heterocycles. The number of methoxy groups -OCH3 is 1. The Morgan fingerprint density at radius 3 is 2.72 bits per heavy atom. The van der Waals surface area contributed by atoms with Crippen LogP contribution in [-0.2, 0) is 4.79 Å². The third kappa shape index (κ3) is 4.95. The number of phenols is 1. The second-order valence-corrected chi connectivity index (χ2v) is 5.42. The van der Waals surface area contributed by atoms with E-state index < -0.39 is 5.91 Å². The fourth-order valence-electron chi connectivity index (χ4n) is 2.00. The molecule has 0 heterocycles. The SMILES string of the molecule is COc1cc(C=NNC(=O)c2cccc(NC(C)=O)c2)cc(Cl)c1O. The number of nitrogens with one attached hydrogen (secondary N) is 2. The predicted molar refractivity (Wildman–Crippen MR) is 95.5 cm³/mol. The van der Waals surface area contributed by atoms with E-state index in [0.29, 0.717) is 16.8 Å². The van der Waals surface area contributed by atoms with E-state index >= 15 is 0 Å². The number of carbonyl (C=O) groups excluding carboxylic acids is 2. The number of amides is 2. The Morgan fingerprint density at radius 1 is 1.28 bits per heavy atom. The lowest BCUT2D eigenvalue weighted by atomic mass is 10.2. The van der Waals surface area contributed by atoms with Crippen molar-refractivity contribution in [1.29, 1.82) is 0 Å². The number of aromatic hydroxyl groups is 1. The quantitative estimate of drug-likeness (QED) is 0.563. The fraction of sp³-hybridized carbons (Fsp3) is 0.118. The van der Waals surface area contributed by atoms with Crippen molar-refractivity contribution in [3.05, 3.63) is 52.5 Å². The summed E-state index contributed by atoms with van der Waals surface area (Å²) in [5.74, 6) is -0.641. The first-order chi connectivity index (χ1) is 11.9. The second kappa shape index (κ2) is 8.16. The lowest BCUT2D eigenvalue weighted by molar-refractivity contribution is -0.114. The van der Waals surface area contributed by atoms with E-state index in [1.807, 2.05) is 0 Å². The minimum absolute atomic E-state index is 0.107. The molecule has 0 aliphatic rings. The van der Waals surface area contributed by atoms with Crippen LogP contribution in [0.2, 0.25) is 5.02 Å². The Morgan fingerprint density at radius 2 is 2.04 bits per heavy atom. The van der Waals surface area contributed by atoms with Gasteiger partial charge in [0.05, 0.1) is 18.3 Å². The van der Waals surface area contributed by atoms with Gasteiger partial charge in [0.15, 0.2) is 11.5 Å². The van der Waals surface area contributed by atoms with Crippen molar-refractivity contribution in [3.63, 3.8) is 0 Å².